The van der Waals surface area contributed by atoms with Crippen molar-refractivity contribution in [3.63, 3.8) is 0 Å². The van der Waals surface area contributed by atoms with Crippen molar-refractivity contribution >= 4 is 19.8 Å². The summed E-state index contributed by atoms with van der Waals surface area (Å²) in [7, 11) is 1.13. The molecule has 0 aliphatic rings. The molecule has 0 aromatic carbocycles. The van der Waals surface area contributed by atoms with Crippen LogP contribution in [0.15, 0.2) is 60.8 Å². The molecular formula is C42H74NO8P. The number of allylic oxidation sites excluding steroid dienone is 10. The molecule has 9 nitrogen and oxygen atoms in total. The Labute approximate surface area is 317 Å². The molecule has 0 N–H and O–H groups in total. The SMILES string of the molecule is CC/C=C/C/C=C/C/C=C/C/C=C/C/C=C/CCCCCC(=O)O[C@H](COC(=O)CCCCCCCCCCC)COP(=O)([O-])OCC[N+](C)(C)C. The fourth-order valence-electron chi connectivity index (χ4n) is 4.91. The molecule has 0 amide bonds. The van der Waals surface area contributed by atoms with Crippen molar-refractivity contribution in [2.45, 2.75) is 148 Å². The third-order valence-electron chi connectivity index (χ3n) is 8.05. The summed E-state index contributed by atoms with van der Waals surface area (Å²) in [5, 5.41) is 0. The highest BCUT2D eigenvalue weighted by atomic mass is 31.2. The van der Waals surface area contributed by atoms with Gasteiger partial charge in [-0.25, -0.2) is 0 Å². The van der Waals surface area contributed by atoms with Gasteiger partial charge >= 0.3 is 11.9 Å². The van der Waals surface area contributed by atoms with Crippen LogP contribution in [0.5, 0.6) is 0 Å². The average molecular weight is 752 g/mol. The zero-order valence-corrected chi connectivity index (χ0v) is 34.4. The number of ether oxygens (including phenoxy) is 2. The molecule has 0 radical (unpaired) electrons. The number of unbranched alkanes of at least 4 members (excludes halogenated alkanes) is 11. The van der Waals surface area contributed by atoms with Crippen LogP contribution >= 0.6 is 7.82 Å². The highest BCUT2D eigenvalue weighted by molar-refractivity contribution is 7.45. The van der Waals surface area contributed by atoms with Gasteiger partial charge in [-0.3, -0.25) is 14.2 Å². The van der Waals surface area contributed by atoms with Crippen LogP contribution in [0.1, 0.15) is 142 Å². The third-order valence-corrected chi connectivity index (χ3v) is 9.02. The summed E-state index contributed by atoms with van der Waals surface area (Å²) in [5.74, 6) is -0.881. The summed E-state index contributed by atoms with van der Waals surface area (Å²) in [6.45, 7) is 4.02. The van der Waals surface area contributed by atoms with E-state index in [0.29, 0.717) is 17.4 Å². The summed E-state index contributed by atoms with van der Waals surface area (Å²) in [5.41, 5.74) is 0. The highest BCUT2D eigenvalue weighted by Crippen LogP contribution is 2.38. The van der Waals surface area contributed by atoms with Crippen molar-refractivity contribution < 1.29 is 42.1 Å². The fraction of sp³-hybridized carbons (Fsp3) is 0.714. The lowest BCUT2D eigenvalue weighted by Gasteiger charge is -2.28. The minimum absolute atomic E-state index is 0.0396. The second kappa shape index (κ2) is 34.5. The van der Waals surface area contributed by atoms with Gasteiger partial charge in [-0.1, -0.05) is 132 Å². The third kappa shape index (κ3) is 37.5. The van der Waals surface area contributed by atoms with Gasteiger partial charge in [0, 0.05) is 12.8 Å². The zero-order chi connectivity index (χ0) is 38.6. The van der Waals surface area contributed by atoms with E-state index < -0.39 is 32.5 Å². The quantitative estimate of drug-likeness (QED) is 0.0207. The molecule has 0 aliphatic carbocycles. The summed E-state index contributed by atoms with van der Waals surface area (Å²) in [6, 6.07) is 0. The zero-order valence-electron chi connectivity index (χ0n) is 33.5. The molecule has 0 saturated heterocycles. The first-order chi connectivity index (χ1) is 25.0. The number of likely N-dealkylation sites (N-methyl/N-ethyl adjacent to an activating group) is 1. The van der Waals surface area contributed by atoms with Gasteiger partial charge in [-0.2, -0.15) is 0 Å². The Balaban J connectivity index is 4.46. The van der Waals surface area contributed by atoms with E-state index in [-0.39, 0.29) is 26.1 Å². The minimum Gasteiger partial charge on any atom is -0.756 e. The molecule has 52 heavy (non-hydrogen) atoms. The van der Waals surface area contributed by atoms with Crippen LogP contribution in [-0.4, -0.2) is 70.0 Å². The first kappa shape index (κ1) is 49.7. The van der Waals surface area contributed by atoms with E-state index in [0.717, 1.165) is 70.6 Å². The minimum atomic E-state index is -4.63. The Morgan fingerprint density at radius 2 is 1.10 bits per heavy atom. The monoisotopic (exact) mass is 752 g/mol. The standard InChI is InChI=1S/C42H74NO8P/c1-6-8-10-12-14-16-17-18-19-20-21-22-23-24-25-27-29-31-33-35-42(45)51-40(39-50-52(46,47)49-37-36-43(3,4)5)38-48-41(44)34-32-30-28-26-15-13-11-9-7-2/h8,10,14,16,18-19,21-22,24-25,40H,6-7,9,11-13,15,17,20,23,26-39H2,1-5H3/b10-8+,16-14+,19-18+,22-21+,25-24+/t40-/m1/s1. The van der Waals surface area contributed by atoms with Crippen molar-refractivity contribution in [1.82, 2.24) is 0 Å². The van der Waals surface area contributed by atoms with E-state index in [4.69, 9.17) is 18.5 Å². The van der Waals surface area contributed by atoms with Crippen LogP contribution in [-0.2, 0) is 32.7 Å². The summed E-state index contributed by atoms with van der Waals surface area (Å²) in [6.07, 6.45) is 39.7. The Morgan fingerprint density at radius 1 is 0.615 bits per heavy atom. The number of esters is 2. The van der Waals surface area contributed by atoms with E-state index in [9.17, 15) is 19.0 Å². The van der Waals surface area contributed by atoms with Crippen LogP contribution in [0.2, 0.25) is 0 Å². The van der Waals surface area contributed by atoms with Gasteiger partial charge in [-0.15, -0.1) is 0 Å². The number of carbonyl (C=O) groups is 2. The first-order valence-corrected chi connectivity index (χ1v) is 21.5. The lowest BCUT2D eigenvalue weighted by Crippen LogP contribution is -2.37. The Kier molecular flexibility index (Phi) is 33.0. The molecule has 0 aromatic rings. The predicted octanol–water partition coefficient (Wildman–Crippen LogP) is 10.3. The van der Waals surface area contributed by atoms with Gasteiger partial charge in [0.25, 0.3) is 7.82 Å². The van der Waals surface area contributed by atoms with Gasteiger partial charge in [0.15, 0.2) is 6.10 Å². The average Bonchev–Trinajstić information content (AvgIpc) is 3.09. The number of phosphoric ester groups is 1. The van der Waals surface area contributed by atoms with Crippen molar-refractivity contribution in [3.8, 4) is 0 Å². The van der Waals surface area contributed by atoms with Crippen molar-refractivity contribution in [2.24, 2.45) is 0 Å². The molecule has 10 heteroatoms. The maximum absolute atomic E-state index is 12.6. The molecule has 0 saturated carbocycles. The van der Waals surface area contributed by atoms with E-state index in [1.165, 1.54) is 38.5 Å². The van der Waals surface area contributed by atoms with E-state index in [1.807, 2.05) is 21.1 Å². The summed E-state index contributed by atoms with van der Waals surface area (Å²) in [4.78, 5) is 37.3. The van der Waals surface area contributed by atoms with E-state index in [1.54, 1.807) is 0 Å². The van der Waals surface area contributed by atoms with Crippen LogP contribution in [0, 0.1) is 0 Å². The van der Waals surface area contributed by atoms with Crippen LogP contribution in [0.25, 0.3) is 0 Å². The molecule has 2 atom stereocenters. The highest BCUT2D eigenvalue weighted by Gasteiger charge is 2.21. The Hall–Kier alpha value is -2.29. The van der Waals surface area contributed by atoms with Crippen molar-refractivity contribution in [1.29, 1.82) is 0 Å². The Morgan fingerprint density at radius 3 is 1.63 bits per heavy atom. The second-order valence-corrected chi connectivity index (χ2v) is 15.7. The summed E-state index contributed by atoms with van der Waals surface area (Å²) >= 11 is 0. The Bertz CT molecular complexity index is 1080. The topological polar surface area (TPSA) is 111 Å². The lowest BCUT2D eigenvalue weighted by atomic mass is 10.1. The van der Waals surface area contributed by atoms with Crippen LogP contribution in [0.4, 0.5) is 0 Å². The van der Waals surface area contributed by atoms with Gasteiger partial charge in [0.05, 0.1) is 27.7 Å². The largest absolute Gasteiger partial charge is 0.756 e. The maximum atomic E-state index is 12.6. The number of nitrogens with zero attached hydrogens (tertiary/aromatic N) is 1. The lowest BCUT2D eigenvalue weighted by molar-refractivity contribution is -0.870. The normalized spacial score (nSPS) is 14.3. The second-order valence-electron chi connectivity index (χ2n) is 14.3. The molecule has 0 heterocycles. The number of rotatable bonds is 35. The van der Waals surface area contributed by atoms with Gasteiger partial charge in [0.1, 0.15) is 19.8 Å². The molecule has 300 valence electrons. The molecule has 0 aromatic heterocycles. The van der Waals surface area contributed by atoms with E-state index in [2.05, 4.69) is 74.6 Å². The molecular weight excluding hydrogens is 677 g/mol. The number of quaternary nitrogens is 1. The fourth-order valence-corrected chi connectivity index (χ4v) is 5.64. The summed E-state index contributed by atoms with van der Waals surface area (Å²) < 4.78 is 33.7. The molecule has 0 rings (SSSR count). The molecule has 1 unspecified atom stereocenters. The first-order valence-electron chi connectivity index (χ1n) is 20.0. The van der Waals surface area contributed by atoms with E-state index >= 15 is 0 Å². The maximum Gasteiger partial charge on any atom is 0.306 e. The smallest absolute Gasteiger partial charge is 0.306 e. The molecule has 0 spiro atoms. The van der Waals surface area contributed by atoms with Gasteiger partial charge < -0.3 is 27.9 Å². The number of hydrogen-bond donors (Lipinski definition) is 0. The number of carbonyl (C=O) groups excluding carboxylic acids is 2. The van der Waals surface area contributed by atoms with Crippen LogP contribution in [0.3, 0.4) is 0 Å². The van der Waals surface area contributed by atoms with Crippen molar-refractivity contribution in [3.05, 3.63) is 60.8 Å². The molecule has 0 bridgehead atoms. The van der Waals surface area contributed by atoms with Gasteiger partial charge in [-0.05, 0) is 57.8 Å². The molecule has 0 aliphatic heterocycles. The number of hydrogen-bond acceptors (Lipinski definition) is 8. The van der Waals surface area contributed by atoms with Crippen molar-refractivity contribution in [2.75, 3.05) is 47.5 Å². The predicted molar refractivity (Wildman–Crippen MR) is 213 cm³/mol. The number of phosphoric acid groups is 1. The van der Waals surface area contributed by atoms with Crippen LogP contribution < -0.4 is 4.89 Å². The van der Waals surface area contributed by atoms with Gasteiger partial charge in [0.2, 0.25) is 0 Å². The molecule has 0 fully saturated rings.